The van der Waals surface area contributed by atoms with Gasteiger partial charge in [-0.2, -0.15) is 16.7 Å². The first-order chi connectivity index (χ1) is 43.8. The van der Waals surface area contributed by atoms with Crippen LogP contribution in [0.1, 0.15) is 89.7 Å². The molecule has 0 saturated carbocycles. The summed E-state index contributed by atoms with van der Waals surface area (Å²) < 4.78 is 70.4. The van der Waals surface area contributed by atoms with E-state index in [2.05, 4.69) is 51.2 Å². The van der Waals surface area contributed by atoms with Crippen LogP contribution in [-0.4, -0.2) is 181 Å². The number of carbonyl (C=O) groups is 7. The Morgan fingerprint density at radius 3 is 2.23 bits per heavy atom. The Hall–Kier alpha value is -7.54. The van der Waals surface area contributed by atoms with E-state index in [4.69, 9.17) is 49.5 Å². The lowest BCUT2D eigenvalue weighted by Crippen LogP contribution is -2.45. The maximum Gasteiger partial charge on any atom is 0.472 e. The number of urea groups is 1. The number of hydrogen-bond acceptors (Lipinski definition) is 26. The number of aromatic nitrogens is 8. The van der Waals surface area contributed by atoms with Gasteiger partial charge in [0.2, 0.25) is 29.6 Å². The van der Waals surface area contributed by atoms with Crippen molar-refractivity contribution in [2.75, 3.05) is 55.9 Å². The Balaban J connectivity index is 0.811. The summed E-state index contributed by atoms with van der Waals surface area (Å²) in [4.78, 5) is 150. The van der Waals surface area contributed by atoms with Crippen LogP contribution in [-0.2, 0) is 72.0 Å². The number of hydrogen-bond donors (Lipinski definition) is 11. The number of amides is 7. The molecule has 0 aliphatic carbocycles. The predicted molar refractivity (Wildman–Crippen MR) is 323 cm³/mol. The maximum absolute atomic E-state index is 14.1. The quantitative estimate of drug-likeness (QED) is 0.0223. The molecule has 0 spiro atoms. The summed E-state index contributed by atoms with van der Waals surface area (Å²) in [6, 6.07) is 4.52. The molecule has 0 radical (unpaired) electrons. The molecule has 500 valence electrons. The van der Waals surface area contributed by atoms with Crippen molar-refractivity contribution < 1.29 is 89.9 Å². The fraction of sp³-hybridized carbons (Fsp3) is 0.566. The van der Waals surface area contributed by atoms with Crippen molar-refractivity contribution >= 4 is 109 Å². The SMILES string of the molecule is CSC1CC(=O)N(CCCCCC(=O)N[C@H](C(=O)C[C@@H](CCCNC(N)=O)C(=O)Nc2ccc(COC(=O)NCCC3[C@H]4COP(=O)(O)OC5[C@@H](COP(=O)(O)O[C@@H]3[C@H](n3cnc6c(=O)[nH]c(N)nc63)O4)O[C@@H](n3cnc4c(N)ncnc43)[C@H]5O)cc2)C(C)C)C1=O. The fourth-order valence-corrected chi connectivity index (χ4v) is 13.7. The number of benzene rings is 1. The van der Waals surface area contributed by atoms with Gasteiger partial charge in [-0.3, -0.25) is 65.9 Å². The minimum Gasteiger partial charge on any atom is -0.445 e. The summed E-state index contributed by atoms with van der Waals surface area (Å²) in [7, 11) is -10.5. The summed E-state index contributed by atoms with van der Waals surface area (Å²) in [5.41, 5.74) is 17.0. The van der Waals surface area contributed by atoms with E-state index in [1.54, 1.807) is 32.2 Å². The van der Waals surface area contributed by atoms with Crippen molar-refractivity contribution in [1.82, 2.24) is 59.9 Å². The van der Waals surface area contributed by atoms with Gasteiger partial charge in [-0.15, -0.1) is 0 Å². The number of carbonyl (C=O) groups excluding carboxylic acids is 7. The van der Waals surface area contributed by atoms with E-state index >= 15 is 0 Å². The van der Waals surface area contributed by atoms with Gasteiger partial charge in [-0.1, -0.05) is 32.4 Å². The Bertz CT molecular complexity index is 3690. The number of alkyl carbamates (subject to hydrolysis) is 1. The topological polar surface area (TPSA) is 516 Å². The van der Waals surface area contributed by atoms with Crippen molar-refractivity contribution in [2.45, 2.75) is 133 Å². The van der Waals surface area contributed by atoms with Crippen LogP contribution in [0.2, 0.25) is 0 Å². The first kappa shape index (κ1) is 68.8. The number of ketones is 1. The number of rotatable bonds is 25. The van der Waals surface area contributed by atoms with Crippen LogP contribution in [0.25, 0.3) is 22.3 Å². The van der Waals surface area contributed by atoms with Gasteiger partial charge >= 0.3 is 27.8 Å². The van der Waals surface area contributed by atoms with Crippen molar-refractivity contribution in [3.8, 4) is 0 Å². The number of thioether (sulfide) groups is 1. The molecular weight excluding hydrogens is 1270 g/mol. The first-order valence-electron chi connectivity index (χ1n) is 29.3. The van der Waals surface area contributed by atoms with Crippen LogP contribution in [0.5, 0.6) is 0 Å². The van der Waals surface area contributed by atoms with E-state index in [-0.39, 0.29) is 134 Å². The zero-order valence-corrected chi connectivity index (χ0v) is 52.6. The highest BCUT2D eigenvalue weighted by molar-refractivity contribution is 8.00. The fourth-order valence-electron chi connectivity index (χ4n) is 11.1. The molecule has 39 heteroatoms. The number of fused-ring (bicyclic) bond motifs is 5. The normalized spacial score (nSPS) is 26.6. The number of likely N-dealkylation sites (tertiary alicyclic amines) is 1. The smallest absolute Gasteiger partial charge is 0.445 e. The second-order valence-corrected chi connectivity index (χ2v) is 26.4. The molecule has 7 amide bonds. The molecule has 9 rings (SSSR count). The van der Waals surface area contributed by atoms with Crippen molar-refractivity contribution in [3.63, 3.8) is 0 Å². The van der Waals surface area contributed by atoms with Crippen molar-refractivity contribution in [3.05, 3.63) is 59.2 Å². The molecule has 4 fully saturated rings. The van der Waals surface area contributed by atoms with Crippen LogP contribution >= 0.6 is 27.4 Å². The van der Waals surface area contributed by atoms with Crippen molar-refractivity contribution in [1.29, 1.82) is 0 Å². The summed E-state index contributed by atoms with van der Waals surface area (Å²) in [6.07, 6.45) is -4.90. The van der Waals surface area contributed by atoms with Gasteiger partial charge < -0.3 is 67.6 Å². The van der Waals surface area contributed by atoms with Crippen LogP contribution in [0.3, 0.4) is 0 Å². The number of H-pyrrole nitrogens is 1. The lowest BCUT2D eigenvalue weighted by atomic mass is 9.89. The van der Waals surface area contributed by atoms with Gasteiger partial charge in [-0.25, -0.2) is 38.7 Å². The van der Waals surface area contributed by atoms with E-state index in [1.165, 1.54) is 44.3 Å². The second-order valence-electron chi connectivity index (χ2n) is 22.5. The number of ether oxygens (including phenoxy) is 3. The average Bonchev–Trinajstić information content (AvgIpc) is 1.61. The molecule has 4 saturated heterocycles. The number of Topliss-reactive ketones (excluding diaryl/α,β-unsaturated/α-hetero) is 1. The zero-order chi connectivity index (χ0) is 66.2. The molecule has 92 heavy (non-hydrogen) atoms. The number of imidazole rings is 2. The average molecular weight is 1350 g/mol. The number of primary amides is 1. The van der Waals surface area contributed by atoms with Gasteiger partial charge in [0.25, 0.3) is 5.56 Å². The van der Waals surface area contributed by atoms with Crippen LogP contribution in [0.4, 0.5) is 27.0 Å². The van der Waals surface area contributed by atoms with Crippen LogP contribution in [0.15, 0.2) is 48.0 Å². The number of phosphoric ester groups is 2. The maximum atomic E-state index is 14.1. The highest BCUT2D eigenvalue weighted by atomic mass is 32.2. The third-order valence-electron chi connectivity index (χ3n) is 15.8. The third-order valence-corrected chi connectivity index (χ3v) is 18.7. The summed E-state index contributed by atoms with van der Waals surface area (Å²) in [5.74, 6) is -4.41. The Morgan fingerprint density at radius 1 is 0.848 bits per heavy atom. The van der Waals surface area contributed by atoms with E-state index in [1.807, 2.05) is 0 Å². The number of aliphatic hydroxyl groups excluding tert-OH is 1. The lowest BCUT2D eigenvalue weighted by Gasteiger charge is -2.27. The highest BCUT2D eigenvalue weighted by Gasteiger charge is 2.54. The lowest BCUT2D eigenvalue weighted by molar-refractivity contribution is -0.138. The number of aliphatic hydroxyl groups is 1. The number of nitrogens with zero attached hydrogens (tertiary/aromatic N) is 8. The van der Waals surface area contributed by atoms with Crippen molar-refractivity contribution in [2.24, 2.45) is 23.5 Å². The van der Waals surface area contributed by atoms with Gasteiger partial charge in [0.05, 0.1) is 43.3 Å². The number of imide groups is 1. The summed E-state index contributed by atoms with van der Waals surface area (Å²) in [6.45, 7) is 1.68. The molecule has 5 aromatic rings. The first-order valence-corrected chi connectivity index (χ1v) is 33.6. The second kappa shape index (κ2) is 30.0. The molecule has 14 N–H and O–H groups in total. The van der Waals surface area contributed by atoms with E-state index in [0.29, 0.717) is 30.5 Å². The number of anilines is 3. The number of unbranched alkanes of at least 4 members (excludes halogenated alkanes) is 2. The molecule has 4 aromatic heterocycles. The molecular formula is C53H72N16O20P2S. The number of aromatic amines is 1. The molecule has 8 heterocycles. The Morgan fingerprint density at radius 2 is 1.53 bits per heavy atom. The van der Waals surface area contributed by atoms with Gasteiger partial charge in [0.1, 0.15) is 42.9 Å². The largest absolute Gasteiger partial charge is 0.472 e. The third kappa shape index (κ3) is 16.8. The molecule has 5 unspecified atom stereocenters. The van der Waals surface area contributed by atoms with Gasteiger partial charge in [0.15, 0.2) is 40.9 Å². The number of nitrogen functional groups attached to an aromatic ring is 2. The number of phosphoric acid groups is 2. The van der Waals surface area contributed by atoms with Gasteiger partial charge in [0, 0.05) is 56.4 Å². The predicted octanol–water partition coefficient (Wildman–Crippen LogP) is 1.38. The minimum absolute atomic E-state index is 0.00506. The Labute approximate surface area is 527 Å². The van der Waals surface area contributed by atoms with Crippen LogP contribution in [0, 0.1) is 17.8 Å². The zero-order valence-electron chi connectivity index (χ0n) is 50.0. The minimum atomic E-state index is -5.29. The van der Waals surface area contributed by atoms with E-state index in [9.17, 15) is 62.4 Å². The molecule has 4 aliphatic rings. The summed E-state index contributed by atoms with van der Waals surface area (Å²) in [5, 5.41) is 21.8. The molecule has 1 aromatic carbocycles. The van der Waals surface area contributed by atoms with Crippen LogP contribution < -0.4 is 44.0 Å². The molecule has 13 atom stereocenters. The summed E-state index contributed by atoms with van der Waals surface area (Å²) >= 11 is 1.34. The monoisotopic (exact) mass is 1350 g/mol. The number of nitrogens with two attached hydrogens (primary N) is 3. The number of nitrogens with one attached hydrogen (secondary N) is 5. The standard InChI is InChI=1S/C53H72N16O20P2S/c1-26(2)37(64-35(71)9-5-4-6-17-67-36(72)19-34(92-3)48(67)76)31(70)18-28(8-7-15-57-52(56)77)46(74)63-29-12-10-27(11-13-29)20-83-53(78)58-16-14-30-32-21-84-91(81,82)89-42-33(87-49(40(42)73)68-24-61-38-43(54)59-23-60-44(38)68)22-85-90(79,80)88-41(30)50(86-32)69-25-62-39-45(69)65-51(55)66-47(39)75/h10-13,23-26,28,30,32-34,37,40-42,49-50,73H,4-9,14-22H2,1-3H3,(H,58,78)(H,63,74)(H,64,71)(H,79,80)(H,81,82)(H2,54,59,60)(H3,56,57,77)(H3,55,65,66,75)/t28-,30?,32-,33-,34?,37+,40+,41+,42?,49-,50-/m1/s1. The van der Waals surface area contributed by atoms with E-state index in [0.717, 1.165) is 12.7 Å². The molecule has 2 bridgehead atoms. The highest BCUT2D eigenvalue weighted by Crippen LogP contribution is 2.55. The van der Waals surface area contributed by atoms with E-state index < -0.39 is 113 Å². The molecule has 36 nitrogen and oxygen atoms in total. The van der Waals surface area contributed by atoms with Gasteiger partial charge in [-0.05, 0) is 62.0 Å². The Kier molecular flexibility index (Phi) is 22.5. The molecule has 4 aliphatic heterocycles.